The second-order valence-electron chi connectivity index (χ2n) is 5.18. The first-order chi connectivity index (χ1) is 9.54. The first kappa shape index (κ1) is 17.3. The average Bonchev–Trinajstić information content (AvgIpc) is 2.43. The molecule has 0 bridgehead atoms. The summed E-state index contributed by atoms with van der Waals surface area (Å²) in [4.78, 5) is 25.4. The number of nitrogens with one attached hydrogen (secondary N) is 1. The molecule has 0 aromatic carbocycles. The molecule has 1 heterocycles. The van der Waals surface area contributed by atoms with Crippen molar-refractivity contribution < 1.29 is 14.3 Å². The van der Waals surface area contributed by atoms with Gasteiger partial charge in [-0.1, -0.05) is 0 Å². The molecule has 6 heteroatoms. The molecule has 0 aliphatic carbocycles. The molecule has 5 nitrogen and oxygen atoms in total. The molecule has 1 rings (SSSR count). The predicted molar refractivity (Wildman–Crippen MR) is 81.8 cm³/mol. The smallest absolute Gasteiger partial charge is 0.325 e. The molecule has 1 aliphatic heterocycles. The standard InChI is InChI=1S/C14H26N2O3S/c1-4-19-14(18)9-16(11(2)3)13(17)10-20-12-5-7-15-8-6-12/h11-12,15H,4-10H2,1-3H3. The quantitative estimate of drug-likeness (QED) is 0.718. The highest BCUT2D eigenvalue weighted by Crippen LogP contribution is 2.20. The van der Waals surface area contributed by atoms with Gasteiger partial charge in [0.15, 0.2) is 0 Å². The molecule has 0 saturated carbocycles. The summed E-state index contributed by atoms with van der Waals surface area (Å²) in [5.41, 5.74) is 0. The zero-order chi connectivity index (χ0) is 15.0. The van der Waals surface area contributed by atoms with Gasteiger partial charge in [0.1, 0.15) is 6.54 Å². The van der Waals surface area contributed by atoms with Crippen molar-refractivity contribution >= 4 is 23.6 Å². The summed E-state index contributed by atoms with van der Waals surface area (Å²) in [5.74, 6) is 0.139. The van der Waals surface area contributed by atoms with Gasteiger partial charge in [-0.25, -0.2) is 0 Å². The summed E-state index contributed by atoms with van der Waals surface area (Å²) >= 11 is 1.71. The lowest BCUT2D eigenvalue weighted by Gasteiger charge is -2.27. The topological polar surface area (TPSA) is 58.6 Å². The fourth-order valence-corrected chi connectivity index (χ4v) is 3.25. The molecule has 0 radical (unpaired) electrons. The molecule has 0 unspecified atom stereocenters. The molecule has 116 valence electrons. The number of ether oxygens (including phenoxy) is 1. The van der Waals surface area contributed by atoms with Gasteiger partial charge in [0.25, 0.3) is 0 Å². The normalized spacial score (nSPS) is 16.2. The molecule has 1 aliphatic rings. The van der Waals surface area contributed by atoms with Crippen LogP contribution < -0.4 is 5.32 Å². The molecular weight excluding hydrogens is 276 g/mol. The van der Waals surface area contributed by atoms with E-state index in [1.807, 2.05) is 13.8 Å². The number of carbonyl (C=O) groups is 2. The van der Waals surface area contributed by atoms with Crippen molar-refractivity contribution in [2.75, 3.05) is 32.0 Å². The molecule has 0 aromatic heterocycles. The third-order valence-electron chi connectivity index (χ3n) is 3.28. The Labute approximate surface area is 125 Å². The van der Waals surface area contributed by atoms with Crippen molar-refractivity contribution in [3.8, 4) is 0 Å². The van der Waals surface area contributed by atoms with Crippen molar-refractivity contribution in [2.45, 2.75) is 44.9 Å². The minimum atomic E-state index is -0.332. The summed E-state index contributed by atoms with van der Waals surface area (Å²) in [7, 11) is 0. The van der Waals surface area contributed by atoms with Gasteiger partial charge in [-0.05, 0) is 46.7 Å². The Morgan fingerprint density at radius 3 is 2.55 bits per heavy atom. The van der Waals surface area contributed by atoms with Crippen LogP contribution in [0.1, 0.15) is 33.6 Å². The highest BCUT2D eigenvalue weighted by Gasteiger charge is 2.22. The van der Waals surface area contributed by atoms with Gasteiger partial charge in [-0.15, -0.1) is 11.8 Å². The van der Waals surface area contributed by atoms with Crippen LogP contribution in [-0.4, -0.2) is 60.1 Å². The number of carbonyl (C=O) groups excluding carboxylic acids is 2. The second-order valence-corrected chi connectivity index (χ2v) is 6.47. The lowest BCUT2D eigenvalue weighted by molar-refractivity contribution is -0.149. The Bertz CT molecular complexity index is 318. The van der Waals surface area contributed by atoms with Crippen LogP contribution >= 0.6 is 11.8 Å². The first-order valence-corrected chi connectivity index (χ1v) is 8.36. The molecule has 0 atom stereocenters. The van der Waals surface area contributed by atoms with E-state index >= 15 is 0 Å². The minimum Gasteiger partial charge on any atom is -0.465 e. The maximum atomic E-state index is 12.2. The van der Waals surface area contributed by atoms with Gasteiger partial charge in [0.05, 0.1) is 12.4 Å². The third kappa shape index (κ3) is 6.13. The van der Waals surface area contributed by atoms with Gasteiger partial charge in [-0.3, -0.25) is 9.59 Å². The zero-order valence-electron chi connectivity index (χ0n) is 12.7. The number of hydrogen-bond acceptors (Lipinski definition) is 5. The molecule has 1 amide bonds. The lowest BCUT2D eigenvalue weighted by atomic mass is 10.2. The summed E-state index contributed by atoms with van der Waals surface area (Å²) in [6, 6.07) is 0.0144. The van der Waals surface area contributed by atoms with Gasteiger partial charge >= 0.3 is 5.97 Å². The molecule has 20 heavy (non-hydrogen) atoms. The predicted octanol–water partition coefficient (Wildman–Crippen LogP) is 1.27. The van der Waals surface area contributed by atoms with Crippen LogP contribution in [0.15, 0.2) is 0 Å². The fraction of sp³-hybridized carbons (Fsp3) is 0.857. The SMILES string of the molecule is CCOC(=O)CN(C(=O)CSC1CCNCC1)C(C)C. The first-order valence-electron chi connectivity index (χ1n) is 7.32. The largest absolute Gasteiger partial charge is 0.465 e. The minimum absolute atomic E-state index is 0.0144. The Morgan fingerprint density at radius 2 is 2.00 bits per heavy atom. The highest BCUT2D eigenvalue weighted by molar-refractivity contribution is 8.00. The van der Waals surface area contributed by atoms with E-state index in [2.05, 4.69) is 5.32 Å². The van der Waals surface area contributed by atoms with Crippen molar-refractivity contribution in [1.82, 2.24) is 10.2 Å². The van der Waals surface area contributed by atoms with Crippen molar-refractivity contribution in [3.63, 3.8) is 0 Å². The van der Waals surface area contributed by atoms with Crippen molar-refractivity contribution in [3.05, 3.63) is 0 Å². The summed E-state index contributed by atoms with van der Waals surface area (Å²) in [6.07, 6.45) is 2.22. The monoisotopic (exact) mass is 302 g/mol. The van der Waals surface area contributed by atoms with E-state index in [1.165, 1.54) is 0 Å². The maximum Gasteiger partial charge on any atom is 0.325 e. The zero-order valence-corrected chi connectivity index (χ0v) is 13.5. The molecule has 0 spiro atoms. The lowest BCUT2D eigenvalue weighted by Crippen LogP contribution is -2.42. The Morgan fingerprint density at radius 1 is 1.35 bits per heavy atom. The van der Waals surface area contributed by atoms with Crippen molar-refractivity contribution in [1.29, 1.82) is 0 Å². The Kier molecular flexibility index (Phi) is 7.99. The van der Waals surface area contributed by atoms with Crippen LogP contribution in [0.2, 0.25) is 0 Å². The number of thioether (sulfide) groups is 1. The van der Waals surface area contributed by atoms with E-state index in [4.69, 9.17) is 4.74 Å². The van der Waals surface area contributed by atoms with Gasteiger partial charge < -0.3 is 15.0 Å². The Balaban J connectivity index is 2.40. The van der Waals surface area contributed by atoms with Crippen LogP contribution in [0.3, 0.4) is 0 Å². The third-order valence-corrected chi connectivity index (χ3v) is 4.63. The van der Waals surface area contributed by atoms with E-state index < -0.39 is 0 Å². The number of piperidine rings is 1. The maximum absolute atomic E-state index is 12.2. The van der Waals surface area contributed by atoms with Crippen LogP contribution in [0.5, 0.6) is 0 Å². The number of hydrogen-bond donors (Lipinski definition) is 1. The Hall–Kier alpha value is -0.750. The molecule has 1 fully saturated rings. The highest BCUT2D eigenvalue weighted by atomic mass is 32.2. The van der Waals surface area contributed by atoms with Crippen LogP contribution in [-0.2, 0) is 14.3 Å². The van der Waals surface area contributed by atoms with Crippen LogP contribution in [0.25, 0.3) is 0 Å². The van der Waals surface area contributed by atoms with E-state index in [-0.39, 0.29) is 24.5 Å². The van der Waals surface area contributed by atoms with Gasteiger partial charge in [0, 0.05) is 11.3 Å². The summed E-state index contributed by atoms with van der Waals surface area (Å²) in [5, 5.41) is 3.87. The van der Waals surface area contributed by atoms with E-state index in [1.54, 1.807) is 23.6 Å². The van der Waals surface area contributed by atoms with E-state index in [0.717, 1.165) is 25.9 Å². The van der Waals surface area contributed by atoms with Crippen LogP contribution in [0.4, 0.5) is 0 Å². The average molecular weight is 302 g/mol. The molecule has 1 saturated heterocycles. The number of nitrogens with zero attached hydrogens (tertiary/aromatic N) is 1. The van der Waals surface area contributed by atoms with E-state index in [0.29, 0.717) is 17.6 Å². The summed E-state index contributed by atoms with van der Waals surface area (Å²) in [6.45, 7) is 8.08. The number of amides is 1. The summed E-state index contributed by atoms with van der Waals surface area (Å²) < 4.78 is 4.92. The number of esters is 1. The van der Waals surface area contributed by atoms with E-state index in [9.17, 15) is 9.59 Å². The number of rotatable bonds is 7. The second kappa shape index (κ2) is 9.23. The molecular formula is C14H26N2O3S. The fourth-order valence-electron chi connectivity index (χ4n) is 2.14. The van der Waals surface area contributed by atoms with Gasteiger partial charge in [0.2, 0.25) is 5.91 Å². The van der Waals surface area contributed by atoms with Crippen molar-refractivity contribution in [2.24, 2.45) is 0 Å². The van der Waals surface area contributed by atoms with Gasteiger partial charge in [-0.2, -0.15) is 0 Å². The molecule has 0 aromatic rings. The van der Waals surface area contributed by atoms with Crippen LogP contribution in [0, 0.1) is 0 Å². The molecule has 1 N–H and O–H groups in total.